The molecule has 1 atom stereocenters. The number of rotatable bonds is 8. The third-order valence-electron chi connectivity index (χ3n) is 3.40. The maximum absolute atomic E-state index is 3.60. The number of hydrogen-bond acceptors (Lipinski definition) is 2. The van der Waals surface area contributed by atoms with Gasteiger partial charge in [-0.2, -0.15) is 0 Å². The summed E-state index contributed by atoms with van der Waals surface area (Å²) in [5, 5.41) is 5.76. The second-order valence-electron chi connectivity index (χ2n) is 4.85. The summed E-state index contributed by atoms with van der Waals surface area (Å²) in [7, 11) is 0. The predicted molar refractivity (Wildman–Crippen MR) is 84.7 cm³/mol. The quantitative estimate of drug-likeness (QED) is 0.680. The van der Waals surface area contributed by atoms with Crippen LogP contribution in [-0.4, -0.2) is 6.54 Å². The highest BCUT2D eigenvalue weighted by Gasteiger charge is 2.09. The SMILES string of the molecule is CCNC(CCCCc1cccs1)c1ccccc1. The predicted octanol–water partition coefficient (Wildman–Crippen LogP) is 4.81. The molecule has 1 unspecified atom stereocenters. The van der Waals surface area contributed by atoms with E-state index >= 15 is 0 Å². The molecule has 1 N–H and O–H groups in total. The smallest absolute Gasteiger partial charge is 0.0320 e. The average molecular weight is 273 g/mol. The molecule has 1 aromatic carbocycles. The van der Waals surface area contributed by atoms with Crippen LogP contribution in [0.1, 0.15) is 42.7 Å². The van der Waals surface area contributed by atoms with Gasteiger partial charge in [-0.3, -0.25) is 0 Å². The van der Waals surface area contributed by atoms with Gasteiger partial charge in [0.2, 0.25) is 0 Å². The van der Waals surface area contributed by atoms with Crippen LogP contribution in [0, 0.1) is 0 Å². The number of unbranched alkanes of at least 4 members (excludes halogenated alkanes) is 1. The van der Waals surface area contributed by atoms with Crippen molar-refractivity contribution in [3.8, 4) is 0 Å². The van der Waals surface area contributed by atoms with Crippen molar-refractivity contribution in [2.75, 3.05) is 6.54 Å². The Morgan fingerprint density at radius 2 is 1.89 bits per heavy atom. The number of thiophene rings is 1. The average Bonchev–Trinajstić information content (AvgIpc) is 2.96. The van der Waals surface area contributed by atoms with Crippen molar-refractivity contribution in [3.05, 3.63) is 58.3 Å². The molecule has 0 aliphatic heterocycles. The van der Waals surface area contributed by atoms with E-state index in [0.717, 1.165) is 6.54 Å². The highest BCUT2D eigenvalue weighted by atomic mass is 32.1. The van der Waals surface area contributed by atoms with Gasteiger partial charge >= 0.3 is 0 Å². The van der Waals surface area contributed by atoms with Crippen LogP contribution in [0.5, 0.6) is 0 Å². The summed E-state index contributed by atoms with van der Waals surface area (Å²) in [4.78, 5) is 1.51. The topological polar surface area (TPSA) is 12.0 Å². The first-order valence-corrected chi connectivity index (χ1v) is 8.09. The lowest BCUT2D eigenvalue weighted by Crippen LogP contribution is -2.20. The summed E-state index contributed by atoms with van der Waals surface area (Å²) >= 11 is 1.87. The van der Waals surface area contributed by atoms with Crippen LogP contribution in [0.2, 0.25) is 0 Å². The number of benzene rings is 1. The molecule has 19 heavy (non-hydrogen) atoms. The van der Waals surface area contributed by atoms with Crippen LogP contribution in [0.15, 0.2) is 47.8 Å². The lowest BCUT2D eigenvalue weighted by molar-refractivity contribution is 0.489. The van der Waals surface area contributed by atoms with Crippen molar-refractivity contribution in [3.63, 3.8) is 0 Å². The Hall–Kier alpha value is -1.12. The zero-order chi connectivity index (χ0) is 13.3. The van der Waals surface area contributed by atoms with E-state index in [1.807, 2.05) is 11.3 Å². The van der Waals surface area contributed by atoms with E-state index in [0.29, 0.717) is 6.04 Å². The lowest BCUT2D eigenvalue weighted by Gasteiger charge is -2.18. The van der Waals surface area contributed by atoms with E-state index in [4.69, 9.17) is 0 Å². The molecule has 1 aromatic heterocycles. The Morgan fingerprint density at radius 3 is 2.58 bits per heavy atom. The molecule has 0 fully saturated rings. The molecule has 2 aromatic rings. The molecular formula is C17H23NS. The van der Waals surface area contributed by atoms with Gasteiger partial charge in [-0.25, -0.2) is 0 Å². The van der Waals surface area contributed by atoms with E-state index in [2.05, 4.69) is 60.1 Å². The van der Waals surface area contributed by atoms with E-state index in [-0.39, 0.29) is 0 Å². The molecule has 0 amide bonds. The Labute approximate surface area is 120 Å². The van der Waals surface area contributed by atoms with Crippen LogP contribution in [0.4, 0.5) is 0 Å². The van der Waals surface area contributed by atoms with Gasteiger partial charge in [0.15, 0.2) is 0 Å². The fraction of sp³-hybridized carbons (Fsp3) is 0.412. The molecule has 0 aliphatic rings. The molecule has 0 saturated carbocycles. The van der Waals surface area contributed by atoms with Crippen LogP contribution >= 0.6 is 11.3 Å². The molecule has 1 heterocycles. The Balaban J connectivity index is 1.77. The van der Waals surface area contributed by atoms with E-state index in [1.54, 1.807) is 0 Å². The summed E-state index contributed by atoms with van der Waals surface area (Å²) in [5.41, 5.74) is 1.42. The first-order chi connectivity index (χ1) is 9.40. The van der Waals surface area contributed by atoms with Crippen molar-refractivity contribution in [1.29, 1.82) is 0 Å². The third-order valence-corrected chi connectivity index (χ3v) is 4.33. The van der Waals surface area contributed by atoms with E-state index in [9.17, 15) is 0 Å². The largest absolute Gasteiger partial charge is 0.310 e. The van der Waals surface area contributed by atoms with Crippen molar-refractivity contribution in [1.82, 2.24) is 5.32 Å². The van der Waals surface area contributed by atoms with Crippen LogP contribution in [0.3, 0.4) is 0 Å². The standard InChI is InChI=1S/C17H23NS/c1-2-18-17(15-9-4-3-5-10-15)13-7-6-11-16-12-8-14-19-16/h3-5,8-10,12,14,17-18H,2,6-7,11,13H2,1H3. The minimum absolute atomic E-state index is 0.509. The van der Waals surface area contributed by atoms with Crippen molar-refractivity contribution >= 4 is 11.3 Å². The highest BCUT2D eigenvalue weighted by Crippen LogP contribution is 2.20. The third kappa shape index (κ3) is 4.81. The normalized spacial score (nSPS) is 12.5. The van der Waals surface area contributed by atoms with Crippen LogP contribution in [-0.2, 0) is 6.42 Å². The molecule has 1 nitrogen and oxygen atoms in total. The van der Waals surface area contributed by atoms with Crippen molar-refractivity contribution in [2.45, 2.75) is 38.6 Å². The number of nitrogens with one attached hydrogen (secondary N) is 1. The van der Waals surface area contributed by atoms with Gasteiger partial charge in [-0.1, -0.05) is 49.7 Å². The van der Waals surface area contributed by atoms with E-state index < -0.39 is 0 Å². The van der Waals surface area contributed by atoms with Crippen LogP contribution in [0.25, 0.3) is 0 Å². The van der Waals surface area contributed by atoms with Gasteiger partial charge in [-0.05, 0) is 42.8 Å². The minimum Gasteiger partial charge on any atom is -0.310 e. The molecule has 2 heteroatoms. The van der Waals surface area contributed by atoms with E-state index in [1.165, 1.54) is 36.1 Å². The first-order valence-electron chi connectivity index (χ1n) is 7.21. The molecule has 0 bridgehead atoms. The monoisotopic (exact) mass is 273 g/mol. The Bertz CT molecular complexity index is 436. The molecule has 0 spiro atoms. The second-order valence-corrected chi connectivity index (χ2v) is 5.88. The fourth-order valence-electron chi connectivity index (χ4n) is 2.42. The summed E-state index contributed by atoms with van der Waals surface area (Å²) in [6.07, 6.45) is 5.02. The lowest BCUT2D eigenvalue weighted by atomic mass is 10.00. The Kier molecular flexibility index (Phi) is 6.12. The molecule has 0 aliphatic carbocycles. The maximum atomic E-state index is 3.60. The van der Waals surface area contributed by atoms with Gasteiger partial charge in [0, 0.05) is 10.9 Å². The highest BCUT2D eigenvalue weighted by molar-refractivity contribution is 7.09. The number of hydrogen-bond donors (Lipinski definition) is 1. The summed E-state index contributed by atoms with van der Waals surface area (Å²) in [6.45, 7) is 3.21. The zero-order valence-electron chi connectivity index (χ0n) is 11.6. The van der Waals surface area contributed by atoms with Crippen molar-refractivity contribution in [2.24, 2.45) is 0 Å². The van der Waals surface area contributed by atoms with Gasteiger partial charge < -0.3 is 5.32 Å². The van der Waals surface area contributed by atoms with Gasteiger partial charge in [0.1, 0.15) is 0 Å². The van der Waals surface area contributed by atoms with Gasteiger partial charge in [0.05, 0.1) is 0 Å². The number of aryl methyl sites for hydroxylation is 1. The van der Waals surface area contributed by atoms with Crippen LogP contribution < -0.4 is 5.32 Å². The Morgan fingerprint density at radius 1 is 1.05 bits per heavy atom. The van der Waals surface area contributed by atoms with Gasteiger partial charge in [0.25, 0.3) is 0 Å². The minimum atomic E-state index is 0.509. The zero-order valence-corrected chi connectivity index (χ0v) is 12.5. The van der Waals surface area contributed by atoms with Crippen molar-refractivity contribution < 1.29 is 0 Å². The molecule has 102 valence electrons. The fourth-order valence-corrected chi connectivity index (χ4v) is 3.17. The molecule has 2 rings (SSSR count). The summed E-state index contributed by atoms with van der Waals surface area (Å²) in [5.74, 6) is 0. The second kappa shape index (κ2) is 8.13. The first kappa shape index (κ1) is 14.3. The molecular weight excluding hydrogens is 250 g/mol. The van der Waals surface area contributed by atoms with Gasteiger partial charge in [-0.15, -0.1) is 11.3 Å². The summed E-state index contributed by atoms with van der Waals surface area (Å²) in [6, 6.07) is 15.7. The summed E-state index contributed by atoms with van der Waals surface area (Å²) < 4.78 is 0. The molecule has 0 radical (unpaired) electrons. The molecule has 0 saturated heterocycles. The maximum Gasteiger partial charge on any atom is 0.0320 e.